The van der Waals surface area contributed by atoms with E-state index in [1.807, 2.05) is 4.90 Å². The molecule has 0 aromatic carbocycles. The van der Waals surface area contributed by atoms with Gasteiger partial charge in [-0.1, -0.05) is 10.4 Å². The second-order valence-corrected chi connectivity index (χ2v) is 10.5. The molecule has 0 unspecified atom stereocenters. The van der Waals surface area contributed by atoms with Gasteiger partial charge in [0.15, 0.2) is 15.5 Å². The van der Waals surface area contributed by atoms with Crippen molar-refractivity contribution in [1.82, 2.24) is 30.4 Å². The molecule has 1 amide bonds. The third kappa shape index (κ3) is 5.11. The molecule has 1 aliphatic carbocycles. The fourth-order valence-corrected chi connectivity index (χ4v) is 5.32. The highest BCUT2D eigenvalue weighted by molar-refractivity contribution is 7.91. The van der Waals surface area contributed by atoms with E-state index >= 15 is 0 Å². The molecule has 170 valence electrons. The first kappa shape index (κ1) is 21.9. The van der Waals surface area contributed by atoms with Crippen LogP contribution in [-0.2, 0) is 22.9 Å². The summed E-state index contributed by atoms with van der Waals surface area (Å²) in [6.07, 6.45) is -0.0133. The zero-order chi connectivity index (χ0) is 22.2. The minimum absolute atomic E-state index is 0.120. The molecule has 12 nitrogen and oxygen atoms in total. The molecule has 31 heavy (non-hydrogen) atoms. The molecule has 1 aliphatic heterocycles. The third-order valence-electron chi connectivity index (χ3n) is 5.81. The number of hydrogen-bond donors (Lipinski definition) is 3. The van der Waals surface area contributed by atoms with Crippen molar-refractivity contribution in [1.29, 1.82) is 0 Å². The van der Waals surface area contributed by atoms with Gasteiger partial charge in [0.25, 0.3) is 5.91 Å². The maximum Gasteiger partial charge on any atom is 0.273 e. The molecule has 2 fully saturated rings. The quantitative estimate of drug-likeness (QED) is 0.460. The lowest BCUT2D eigenvalue weighted by atomic mass is 10.1. The van der Waals surface area contributed by atoms with Gasteiger partial charge in [0.2, 0.25) is 0 Å². The first-order valence-corrected chi connectivity index (χ1v) is 11.9. The molecule has 0 radical (unpaired) electrons. The normalized spacial score (nSPS) is 28.6. The van der Waals surface area contributed by atoms with Crippen LogP contribution in [0.25, 0.3) is 0 Å². The Labute approximate surface area is 179 Å². The summed E-state index contributed by atoms with van der Waals surface area (Å²) in [6.45, 7) is 3.44. The number of aliphatic hydroxyl groups excluding tert-OH is 2. The summed E-state index contributed by atoms with van der Waals surface area (Å²) < 4.78 is 29.6. The van der Waals surface area contributed by atoms with Gasteiger partial charge in [-0.3, -0.25) is 14.4 Å². The van der Waals surface area contributed by atoms with Crippen molar-refractivity contribution in [2.75, 3.05) is 24.6 Å². The fourth-order valence-electron chi connectivity index (χ4n) is 4.04. The van der Waals surface area contributed by atoms with Crippen LogP contribution in [0.1, 0.15) is 28.4 Å². The van der Waals surface area contributed by atoms with Crippen LogP contribution in [0.3, 0.4) is 0 Å². The van der Waals surface area contributed by atoms with Crippen molar-refractivity contribution in [2.45, 2.75) is 44.7 Å². The number of nitrogens with one attached hydrogen (secondary N) is 1. The van der Waals surface area contributed by atoms with Gasteiger partial charge in [-0.2, -0.15) is 0 Å². The zero-order valence-corrected chi connectivity index (χ0v) is 17.9. The van der Waals surface area contributed by atoms with E-state index in [-0.39, 0.29) is 23.1 Å². The summed E-state index contributed by atoms with van der Waals surface area (Å²) in [5, 5.41) is 35.4. The monoisotopic (exact) mass is 454 g/mol. The number of aryl methyl sites for hydroxylation is 1. The lowest BCUT2D eigenvalue weighted by Crippen LogP contribution is -2.43. The Balaban J connectivity index is 1.32. The molecular weight excluding hydrogens is 428 g/mol. The van der Waals surface area contributed by atoms with Crippen LogP contribution in [-0.4, -0.2) is 92.4 Å². The Morgan fingerprint density at radius 1 is 1.29 bits per heavy atom. The molecule has 3 heterocycles. The number of carbonyl (C=O) groups excluding carboxylic acids is 1. The Morgan fingerprint density at radius 2 is 2.03 bits per heavy atom. The number of aliphatic hydroxyl groups is 2. The molecular formula is C18H26N6O6S. The van der Waals surface area contributed by atoms with Crippen LogP contribution in [0.4, 0.5) is 0 Å². The Morgan fingerprint density at radius 3 is 2.71 bits per heavy atom. The van der Waals surface area contributed by atoms with Crippen LogP contribution < -0.4 is 5.32 Å². The van der Waals surface area contributed by atoms with E-state index in [0.717, 1.165) is 0 Å². The molecule has 4 atom stereocenters. The molecule has 1 saturated heterocycles. The molecule has 2 aliphatic rings. The highest BCUT2D eigenvalue weighted by Crippen LogP contribution is 2.28. The predicted octanol–water partition coefficient (Wildman–Crippen LogP) is -1.65. The van der Waals surface area contributed by atoms with Gasteiger partial charge in [-0.25, -0.2) is 8.42 Å². The Hall–Kier alpha value is -2.35. The van der Waals surface area contributed by atoms with Gasteiger partial charge in [0.1, 0.15) is 11.9 Å². The highest BCUT2D eigenvalue weighted by Gasteiger charge is 2.42. The first-order chi connectivity index (χ1) is 14.7. The standard InChI is InChI=1S/C18H26N6O6S/c1-11-6-15(21-30-11)18(27)19-14-7-12(16(25)17(14)26)8-24-10-13(20-22-24)9-23-2-4-31(28,29)5-3-23/h6,10,12,14,16-17,25-26H,2-5,7-9H2,1H3,(H,19,27)/t12-,14-,16-,17+/m1/s1. The Bertz CT molecular complexity index is 1020. The van der Waals surface area contributed by atoms with Gasteiger partial charge in [-0.05, 0) is 13.3 Å². The van der Waals surface area contributed by atoms with E-state index in [2.05, 4.69) is 20.8 Å². The maximum atomic E-state index is 12.3. The zero-order valence-electron chi connectivity index (χ0n) is 17.1. The van der Waals surface area contributed by atoms with Crippen molar-refractivity contribution < 1.29 is 27.9 Å². The summed E-state index contributed by atoms with van der Waals surface area (Å²) in [6, 6.07) is 0.877. The largest absolute Gasteiger partial charge is 0.390 e. The SMILES string of the molecule is Cc1cc(C(=O)N[C@@H]2C[C@H](Cn3cc(CN4CCS(=O)(=O)CC4)nn3)[C@@H](O)[C@H]2O)no1. The van der Waals surface area contributed by atoms with E-state index in [9.17, 15) is 23.4 Å². The van der Waals surface area contributed by atoms with E-state index in [4.69, 9.17) is 4.52 Å². The van der Waals surface area contributed by atoms with Crippen molar-refractivity contribution in [3.8, 4) is 0 Å². The van der Waals surface area contributed by atoms with Gasteiger partial charge in [-0.15, -0.1) is 5.10 Å². The van der Waals surface area contributed by atoms with Crippen LogP contribution in [0.5, 0.6) is 0 Å². The fraction of sp³-hybridized carbons (Fsp3) is 0.667. The second kappa shape index (κ2) is 8.65. The average Bonchev–Trinajstić information content (AvgIpc) is 3.41. The van der Waals surface area contributed by atoms with Gasteiger partial charge in [0, 0.05) is 44.4 Å². The van der Waals surface area contributed by atoms with Gasteiger partial charge >= 0.3 is 0 Å². The minimum atomic E-state index is -2.93. The molecule has 0 bridgehead atoms. The summed E-state index contributed by atoms with van der Waals surface area (Å²) >= 11 is 0. The third-order valence-corrected chi connectivity index (χ3v) is 7.42. The number of carbonyl (C=O) groups is 1. The van der Waals surface area contributed by atoms with Crippen LogP contribution in [0.2, 0.25) is 0 Å². The van der Waals surface area contributed by atoms with Gasteiger partial charge < -0.3 is 20.1 Å². The van der Waals surface area contributed by atoms with Crippen molar-refractivity contribution in [3.05, 3.63) is 29.4 Å². The lowest BCUT2D eigenvalue weighted by molar-refractivity contribution is 0.00757. The van der Waals surface area contributed by atoms with E-state index in [0.29, 0.717) is 44.1 Å². The molecule has 2 aromatic heterocycles. The first-order valence-electron chi connectivity index (χ1n) is 10.1. The van der Waals surface area contributed by atoms with Crippen LogP contribution in [0, 0.1) is 12.8 Å². The number of hydrogen-bond acceptors (Lipinski definition) is 10. The molecule has 13 heteroatoms. The number of nitrogens with zero attached hydrogens (tertiary/aromatic N) is 5. The van der Waals surface area contributed by atoms with E-state index in [1.54, 1.807) is 17.8 Å². The summed E-state index contributed by atoms with van der Waals surface area (Å²) in [4.78, 5) is 14.3. The molecule has 3 N–H and O–H groups in total. The average molecular weight is 455 g/mol. The maximum absolute atomic E-state index is 12.3. The molecule has 2 aromatic rings. The summed E-state index contributed by atoms with van der Waals surface area (Å²) in [5.41, 5.74) is 0.827. The molecule has 0 spiro atoms. The highest BCUT2D eigenvalue weighted by atomic mass is 32.2. The van der Waals surface area contributed by atoms with Crippen LogP contribution >= 0.6 is 0 Å². The summed E-state index contributed by atoms with van der Waals surface area (Å²) in [5.74, 6) is 0.000335. The van der Waals surface area contributed by atoms with Crippen molar-refractivity contribution >= 4 is 15.7 Å². The molecule has 4 rings (SSSR count). The predicted molar refractivity (Wildman–Crippen MR) is 107 cm³/mol. The van der Waals surface area contributed by atoms with Gasteiger partial charge in [0.05, 0.1) is 29.3 Å². The van der Waals surface area contributed by atoms with Crippen LogP contribution in [0.15, 0.2) is 16.8 Å². The number of amides is 1. The Kier molecular flexibility index (Phi) is 6.10. The molecule has 1 saturated carbocycles. The van der Waals surface area contributed by atoms with E-state index in [1.165, 1.54) is 6.07 Å². The number of aromatic nitrogens is 4. The minimum Gasteiger partial charge on any atom is -0.390 e. The number of sulfone groups is 1. The van der Waals surface area contributed by atoms with Crippen molar-refractivity contribution in [3.63, 3.8) is 0 Å². The summed E-state index contributed by atoms with van der Waals surface area (Å²) in [7, 11) is -2.93. The second-order valence-electron chi connectivity index (χ2n) is 8.24. The number of rotatable bonds is 6. The van der Waals surface area contributed by atoms with Crippen molar-refractivity contribution in [2.24, 2.45) is 5.92 Å². The lowest BCUT2D eigenvalue weighted by Gasteiger charge is -2.25. The smallest absolute Gasteiger partial charge is 0.273 e. The topological polar surface area (TPSA) is 164 Å². The van der Waals surface area contributed by atoms with E-state index < -0.39 is 34.0 Å².